The summed E-state index contributed by atoms with van der Waals surface area (Å²) in [6, 6.07) is 0. The molecular formula is C32H58CuN8O6S2. The van der Waals surface area contributed by atoms with Crippen molar-refractivity contribution < 1.29 is 43.0 Å². The maximum atomic E-state index is 8.56. The molecule has 9 aliphatic rings. The van der Waals surface area contributed by atoms with E-state index in [1.165, 1.54) is 103 Å². The molecule has 9 fully saturated rings. The average Bonchev–Trinajstić information content (AvgIpc) is 3.80. The van der Waals surface area contributed by atoms with Crippen molar-refractivity contribution in [1.29, 1.82) is 0 Å². The second kappa shape index (κ2) is 17.4. The van der Waals surface area contributed by atoms with Crippen molar-refractivity contribution in [3.8, 4) is 0 Å². The zero-order valence-electron chi connectivity index (χ0n) is 28.2. The summed E-state index contributed by atoms with van der Waals surface area (Å²) < 4.78 is 48.2. The molecule has 8 unspecified atom stereocenters. The molecule has 4 saturated carbocycles. The van der Waals surface area contributed by atoms with Gasteiger partial charge >= 0.3 is 17.1 Å². The zero-order chi connectivity index (χ0) is 33.4. The Labute approximate surface area is 305 Å². The summed E-state index contributed by atoms with van der Waals surface area (Å²) in [5.74, 6) is 5.97. The van der Waals surface area contributed by atoms with E-state index in [0.717, 1.165) is 47.3 Å². The summed E-state index contributed by atoms with van der Waals surface area (Å²) in [5.41, 5.74) is 0. The predicted molar refractivity (Wildman–Crippen MR) is 180 cm³/mol. The van der Waals surface area contributed by atoms with Crippen molar-refractivity contribution in [3.05, 3.63) is 0 Å². The van der Waals surface area contributed by atoms with E-state index >= 15 is 0 Å². The fourth-order valence-electron chi connectivity index (χ4n) is 12.0. The maximum Gasteiger partial charge on any atom is 2.00 e. The largest absolute Gasteiger partial charge is 2.00 e. The van der Waals surface area contributed by atoms with E-state index in [1.807, 2.05) is 0 Å². The molecule has 0 aromatic heterocycles. The van der Waals surface area contributed by atoms with Gasteiger partial charge in [-0.15, -0.1) is 0 Å². The van der Waals surface area contributed by atoms with Gasteiger partial charge in [0.25, 0.3) is 0 Å². The Morgan fingerprint density at radius 1 is 0.306 bits per heavy atom. The number of hydrogen-bond donors (Lipinski definition) is 10. The molecular weight excluding hydrogens is 720 g/mol. The van der Waals surface area contributed by atoms with E-state index in [0.29, 0.717) is 49.3 Å². The second-order valence-corrected chi connectivity index (χ2v) is 16.9. The molecule has 17 heteroatoms. The van der Waals surface area contributed by atoms with Gasteiger partial charge in [-0.3, -0.25) is 42.5 Å². The van der Waals surface area contributed by atoms with E-state index in [9.17, 15) is 0 Å². The van der Waals surface area contributed by atoms with E-state index in [2.05, 4.69) is 42.5 Å². The number of nitrogens with one attached hydrogen (secondary N) is 8. The Bertz CT molecular complexity index is 1010. The summed E-state index contributed by atoms with van der Waals surface area (Å²) >= 11 is 0. The van der Waals surface area contributed by atoms with E-state index < -0.39 is 22.0 Å². The van der Waals surface area contributed by atoms with Crippen LogP contribution in [0.25, 0.3) is 0 Å². The van der Waals surface area contributed by atoms with Gasteiger partial charge in [0.2, 0.25) is 0 Å². The molecule has 5 heterocycles. The third kappa shape index (κ3) is 8.72. The van der Waals surface area contributed by atoms with Gasteiger partial charge < -0.3 is 25.9 Å². The van der Waals surface area contributed by atoms with Gasteiger partial charge in [0.15, 0.2) is 0 Å². The van der Waals surface area contributed by atoms with E-state index in [1.54, 1.807) is 0 Å². The van der Waals surface area contributed by atoms with Crippen LogP contribution in [-0.4, -0.2) is 58.4 Å². The van der Waals surface area contributed by atoms with Gasteiger partial charge in [0, 0.05) is 22.0 Å². The van der Waals surface area contributed by atoms with Gasteiger partial charge in [-0.25, -0.2) is 0 Å². The van der Waals surface area contributed by atoms with Gasteiger partial charge in [-0.05, 0) is 98.7 Å². The molecule has 0 aromatic carbocycles. The first-order valence-corrected chi connectivity index (χ1v) is 21.0. The standard InChI is InChI=1S/C32H56N8.Cu.2HO3S/c1-2-10-18-17(9-1)25-33-26(18)38-28-21-13-5-6-14-22(21)30(35-28)40-32-24-16-8-7-15-23(24)31(36-32)39-29-20-12-4-3-11-19(20)27(34-29)37-25;;2*1-4(2)3/h17-40H,1-16H2;;2*(H,1,2,3)/q;+2;2*-1. The summed E-state index contributed by atoms with van der Waals surface area (Å²) in [7, 11) is -5.72. The fourth-order valence-corrected chi connectivity index (χ4v) is 12.0. The van der Waals surface area contributed by atoms with Crippen molar-refractivity contribution in [2.45, 2.75) is 152 Å². The third-order valence-corrected chi connectivity index (χ3v) is 13.8. The Kier molecular flexibility index (Phi) is 13.8. The Hall–Kier alpha value is 0.0195. The molecule has 10 N–H and O–H groups in total. The van der Waals surface area contributed by atoms with Gasteiger partial charge in [-0.1, -0.05) is 51.4 Å². The molecule has 8 bridgehead atoms. The Morgan fingerprint density at radius 2 is 0.408 bits per heavy atom. The molecule has 1 radical (unpaired) electrons. The quantitative estimate of drug-likeness (QED) is 0.0742. The van der Waals surface area contributed by atoms with Crippen LogP contribution in [0.4, 0.5) is 0 Å². The monoisotopic (exact) mass is 777 g/mol. The van der Waals surface area contributed by atoms with Crippen molar-refractivity contribution in [2.75, 3.05) is 0 Å². The molecule has 4 aliphatic carbocycles. The predicted octanol–water partition coefficient (Wildman–Crippen LogP) is 2.14. The SMILES string of the molecule is C1CCC2C3NC(NC4NC(NC5NC(NC6NC(N3)C3CCCCC63)C3CCCCC53)C3CCCCC43)C2C1.O=[S-](=O)O.O=[S-](=O)O.[Cu+2]. The summed E-state index contributed by atoms with van der Waals surface area (Å²) in [4.78, 5) is 0. The molecule has 5 aliphatic heterocycles. The molecule has 0 aromatic rings. The average molecular weight is 779 g/mol. The van der Waals surface area contributed by atoms with Crippen LogP contribution in [0.1, 0.15) is 103 Å². The third-order valence-electron chi connectivity index (χ3n) is 13.8. The fraction of sp³-hybridized carbons (Fsp3) is 1.00. The number of rotatable bonds is 0. The van der Waals surface area contributed by atoms with Crippen LogP contribution in [0, 0.1) is 47.3 Å². The summed E-state index contributed by atoms with van der Waals surface area (Å²) in [6.45, 7) is 0. The van der Waals surface area contributed by atoms with E-state index in [4.69, 9.17) is 25.9 Å². The molecule has 8 atom stereocenters. The first-order valence-electron chi connectivity index (χ1n) is 18.9. The van der Waals surface area contributed by atoms with Gasteiger partial charge in [0.05, 0.1) is 49.3 Å². The molecule has 5 saturated heterocycles. The smallest absolute Gasteiger partial charge is 0.439 e. The van der Waals surface area contributed by atoms with Crippen molar-refractivity contribution in [1.82, 2.24) is 42.5 Å². The number of hydrogen-bond acceptors (Lipinski definition) is 14. The second-order valence-electron chi connectivity index (χ2n) is 16.0. The minimum absolute atomic E-state index is 0. The zero-order valence-corrected chi connectivity index (χ0v) is 30.8. The topological polar surface area (TPSA) is 205 Å². The maximum absolute atomic E-state index is 8.56. The molecule has 0 spiro atoms. The minimum atomic E-state index is -2.86. The van der Waals surface area contributed by atoms with Crippen molar-refractivity contribution >= 4 is 22.0 Å². The van der Waals surface area contributed by atoms with Gasteiger partial charge in [0.1, 0.15) is 0 Å². The van der Waals surface area contributed by atoms with Crippen LogP contribution in [0.2, 0.25) is 0 Å². The first kappa shape index (κ1) is 38.7. The summed E-state index contributed by atoms with van der Waals surface area (Å²) in [6.07, 6.45) is 25.6. The minimum Gasteiger partial charge on any atom is -0.439 e. The van der Waals surface area contributed by atoms with Crippen LogP contribution in [0.15, 0.2) is 0 Å². The Balaban J connectivity index is 0.000000422. The molecule has 9 rings (SSSR count). The Morgan fingerprint density at radius 3 is 0.510 bits per heavy atom. The first-order chi connectivity index (χ1) is 23.3. The molecule has 14 nitrogen and oxygen atoms in total. The van der Waals surface area contributed by atoms with Crippen LogP contribution in [0.5, 0.6) is 0 Å². The summed E-state index contributed by atoms with van der Waals surface area (Å²) in [5, 5.41) is 33.8. The van der Waals surface area contributed by atoms with Crippen LogP contribution in [0.3, 0.4) is 0 Å². The molecule has 285 valence electrons. The molecule has 49 heavy (non-hydrogen) atoms. The molecule has 0 amide bonds. The van der Waals surface area contributed by atoms with Crippen molar-refractivity contribution in [2.24, 2.45) is 47.3 Å². The van der Waals surface area contributed by atoms with Gasteiger partial charge in [-0.2, -0.15) is 0 Å². The van der Waals surface area contributed by atoms with Crippen LogP contribution >= 0.6 is 0 Å². The van der Waals surface area contributed by atoms with Crippen molar-refractivity contribution in [3.63, 3.8) is 0 Å². The van der Waals surface area contributed by atoms with E-state index in [-0.39, 0.29) is 17.1 Å². The normalized spacial score (nSPS) is 48.4. The number of fused-ring (bicyclic) bond motifs is 20. The van der Waals surface area contributed by atoms with Crippen LogP contribution < -0.4 is 42.5 Å². The van der Waals surface area contributed by atoms with Crippen LogP contribution in [-0.2, 0) is 55.9 Å².